The highest BCUT2D eigenvalue weighted by atomic mass is 32.1. The number of carbonyl (C=O) groups is 1. The molecule has 0 radical (unpaired) electrons. The first kappa shape index (κ1) is 13.5. The lowest BCUT2D eigenvalue weighted by Gasteiger charge is -1.99. The first-order chi connectivity index (χ1) is 10.2. The largest absolute Gasteiger partial charge is 0.417 e. The third-order valence-corrected chi connectivity index (χ3v) is 3.60. The number of rotatable bonds is 4. The predicted molar refractivity (Wildman–Crippen MR) is 80.2 cm³/mol. The number of hydrogen-bond acceptors (Lipinski definition) is 6. The summed E-state index contributed by atoms with van der Waals surface area (Å²) in [5.41, 5.74) is 7.93. The summed E-state index contributed by atoms with van der Waals surface area (Å²) in [5.74, 6) is -0.652. The second-order valence-corrected chi connectivity index (χ2v) is 5.21. The number of hydrogen-bond donors (Lipinski definition) is 3. The summed E-state index contributed by atoms with van der Waals surface area (Å²) in [6.07, 6.45) is 0.259. The van der Waals surface area contributed by atoms with E-state index in [4.69, 9.17) is 10.2 Å². The van der Waals surface area contributed by atoms with Crippen molar-refractivity contribution in [2.24, 2.45) is 5.73 Å². The Hall–Kier alpha value is -2.45. The zero-order valence-electron chi connectivity index (χ0n) is 10.9. The maximum atomic E-state index is 11.5. The fourth-order valence-corrected chi connectivity index (χ4v) is 2.62. The van der Waals surface area contributed by atoms with Gasteiger partial charge >= 0.3 is 5.76 Å². The zero-order chi connectivity index (χ0) is 14.8. The van der Waals surface area contributed by atoms with Crippen molar-refractivity contribution in [1.82, 2.24) is 9.97 Å². The number of carbonyl (C=O) groups excluding carboxylic acids is 1. The number of thiazole rings is 1. The summed E-state index contributed by atoms with van der Waals surface area (Å²) in [7, 11) is 0. The Morgan fingerprint density at radius 3 is 3.14 bits per heavy atom. The molecule has 0 saturated carbocycles. The Bertz CT molecular complexity index is 848. The van der Waals surface area contributed by atoms with Crippen molar-refractivity contribution in [1.29, 1.82) is 0 Å². The van der Waals surface area contributed by atoms with Crippen LogP contribution in [-0.4, -0.2) is 22.4 Å². The molecule has 0 spiro atoms. The van der Waals surface area contributed by atoms with Crippen LogP contribution in [0.25, 0.3) is 22.4 Å². The molecule has 0 aliphatic heterocycles. The number of nitrogens with two attached hydrogens (primary N) is 1. The Labute approximate surface area is 122 Å². The van der Waals surface area contributed by atoms with Crippen LogP contribution in [0, 0.1) is 0 Å². The van der Waals surface area contributed by atoms with Crippen LogP contribution in [0.5, 0.6) is 0 Å². The van der Waals surface area contributed by atoms with Gasteiger partial charge in [0.2, 0.25) is 5.91 Å². The van der Waals surface area contributed by atoms with Crippen LogP contribution in [0.1, 0.15) is 6.42 Å². The van der Waals surface area contributed by atoms with Crippen LogP contribution in [0.3, 0.4) is 0 Å². The lowest BCUT2D eigenvalue weighted by molar-refractivity contribution is -0.116. The van der Waals surface area contributed by atoms with Crippen LogP contribution in [0.15, 0.2) is 32.8 Å². The summed E-state index contributed by atoms with van der Waals surface area (Å²) < 4.78 is 5.01. The number of amides is 1. The summed E-state index contributed by atoms with van der Waals surface area (Å²) >= 11 is 1.33. The summed E-state index contributed by atoms with van der Waals surface area (Å²) in [5, 5.41) is 5.02. The van der Waals surface area contributed by atoms with Crippen molar-refractivity contribution in [2.75, 3.05) is 11.9 Å². The number of aromatic nitrogens is 2. The Morgan fingerprint density at radius 2 is 2.33 bits per heavy atom. The first-order valence-corrected chi connectivity index (χ1v) is 7.12. The van der Waals surface area contributed by atoms with Crippen LogP contribution < -0.4 is 16.8 Å². The van der Waals surface area contributed by atoms with Gasteiger partial charge in [0.25, 0.3) is 0 Å². The van der Waals surface area contributed by atoms with Crippen LogP contribution in [0.4, 0.5) is 5.13 Å². The highest BCUT2D eigenvalue weighted by Gasteiger charge is 2.09. The number of fused-ring (bicyclic) bond motifs is 1. The van der Waals surface area contributed by atoms with E-state index in [1.165, 1.54) is 11.3 Å². The number of benzene rings is 1. The third-order valence-electron chi connectivity index (χ3n) is 2.84. The van der Waals surface area contributed by atoms with Gasteiger partial charge in [0.05, 0.1) is 11.2 Å². The molecule has 0 bridgehead atoms. The molecule has 0 fully saturated rings. The minimum Gasteiger partial charge on any atom is -0.408 e. The van der Waals surface area contributed by atoms with E-state index in [9.17, 15) is 9.59 Å². The van der Waals surface area contributed by atoms with Gasteiger partial charge in [-0.05, 0) is 12.1 Å². The van der Waals surface area contributed by atoms with Gasteiger partial charge in [-0.15, -0.1) is 11.3 Å². The first-order valence-electron chi connectivity index (χ1n) is 6.24. The number of H-pyrrole nitrogens is 1. The second kappa shape index (κ2) is 5.51. The number of nitrogens with one attached hydrogen (secondary N) is 2. The molecule has 108 valence electrons. The van der Waals surface area contributed by atoms with E-state index in [0.29, 0.717) is 28.5 Å². The summed E-state index contributed by atoms with van der Waals surface area (Å²) in [6.45, 7) is 0.299. The molecule has 8 heteroatoms. The van der Waals surface area contributed by atoms with E-state index in [1.54, 1.807) is 12.1 Å². The highest BCUT2D eigenvalue weighted by molar-refractivity contribution is 7.14. The van der Waals surface area contributed by atoms with Crippen LogP contribution in [-0.2, 0) is 4.79 Å². The molecular weight excluding hydrogens is 292 g/mol. The Morgan fingerprint density at radius 1 is 1.48 bits per heavy atom. The van der Waals surface area contributed by atoms with E-state index < -0.39 is 5.76 Å². The molecule has 0 atom stereocenters. The second-order valence-electron chi connectivity index (χ2n) is 4.35. The maximum Gasteiger partial charge on any atom is 0.417 e. The SMILES string of the molecule is NCCC(=O)Nc1nc(-c2ccc3[nH]c(=O)oc3c2)cs1. The molecule has 4 N–H and O–H groups in total. The molecule has 0 aliphatic carbocycles. The molecule has 2 aromatic heterocycles. The monoisotopic (exact) mass is 304 g/mol. The molecule has 3 rings (SSSR count). The quantitative estimate of drug-likeness (QED) is 0.676. The average Bonchev–Trinajstić information content (AvgIpc) is 3.03. The van der Waals surface area contributed by atoms with Gasteiger partial charge in [0.1, 0.15) is 0 Å². The molecule has 21 heavy (non-hydrogen) atoms. The molecule has 7 nitrogen and oxygen atoms in total. The fraction of sp³-hybridized carbons (Fsp3) is 0.154. The zero-order valence-corrected chi connectivity index (χ0v) is 11.7. The Balaban J connectivity index is 1.87. The number of nitrogens with zero attached hydrogens (tertiary/aromatic N) is 1. The van der Waals surface area contributed by atoms with E-state index in [0.717, 1.165) is 5.56 Å². The average molecular weight is 304 g/mol. The van der Waals surface area contributed by atoms with Gasteiger partial charge in [0, 0.05) is 23.9 Å². The molecule has 0 unspecified atom stereocenters. The molecular formula is C13H12N4O3S. The molecule has 2 heterocycles. The fourth-order valence-electron chi connectivity index (χ4n) is 1.88. The van der Waals surface area contributed by atoms with Crippen molar-refractivity contribution in [3.8, 4) is 11.3 Å². The van der Waals surface area contributed by atoms with Crippen molar-refractivity contribution >= 4 is 33.5 Å². The molecule has 3 aromatic rings. The van der Waals surface area contributed by atoms with Gasteiger partial charge < -0.3 is 15.5 Å². The smallest absolute Gasteiger partial charge is 0.408 e. The normalized spacial score (nSPS) is 10.9. The predicted octanol–water partition coefficient (Wildman–Crippen LogP) is 1.53. The standard InChI is InChI=1S/C13H12N4O3S/c14-4-3-11(18)17-12-15-9(6-21-12)7-1-2-8-10(5-7)20-13(19)16-8/h1-2,5-6H,3-4,14H2,(H,16,19)(H,15,17,18). The van der Waals surface area contributed by atoms with Crippen molar-refractivity contribution in [3.05, 3.63) is 34.1 Å². The minimum atomic E-state index is -0.491. The Kier molecular flexibility index (Phi) is 3.55. The lowest BCUT2D eigenvalue weighted by atomic mass is 10.1. The van der Waals surface area contributed by atoms with E-state index >= 15 is 0 Å². The van der Waals surface area contributed by atoms with Gasteiger partial charge in [-0.3, -0.25) is 9.78 Å². The summed E-state index contributed by atoms with van der Waals surface area (Å²) in [4.78, 5) is 29.5. The lowest BCUT2D eigenvalue weighted by Crippen LogP contribution is -2.15. The van der Waals surface area contributed by atoms with Gasteiger partial charge in [-0.25, -0.2) is 9.78 Å². The van der Waals surface area contributed by atoms with E-state index in [2.05, 4.69) is 15.3 Å². The molecule has 0 saturated heterocycles. The summed E-state index contributed by atoms with van der Waals surface area (Å²) in [6, 6.07) is 5.31. The maximum absolute atomic E-state index is 11.5. The topological polar surface area (TPSA) is 114 Å². The van der Waals surface area contributed by atoms with Crippen LogP contribution >= 0.6 is 11.3 Å². The number of oxazole rings is 1. The number of anilines is 1. The van der Waals surface area contributed by atoms with E-state index in [-0.39, 0.29) is 12.3 Å². The highest BCUT2D eigenvalue weighted by Crippen LogP contribution is 2.27. The molecule has 1 amide bonds. The van der Waals surface area contributed by atoms with Gasteiger partial charge in [-0.2, -0.15) is 0 Å². The molecule has 1 aromatic carbocycles. The number of aromatic amines is 1. The van der Waals surface area contributed by atoms with Crippen molar-refractivity contribution in [2.45, 2.75) is 6.42 Å². The van der Waals surface area contributed by atoms with Gasteiger partial charge in [-0.1, -0.05) is 6.07 Å². The van der Waals surface area contributed by atoms with Crippen molar-refractivity contribution in [3.63, 3.8) is 0 Å². The van der Waals surface area contributed by atoms with Gasteiger partial charge in [0.15, 0.2) is 10.7 Å². The minimum absolute atomic E-state index is 0.162. The molecule has 0 aliphatic rings. The van der Waals surface area contributed by atoms with Crippen molar-refractivity contribution < 1.29 is 9.21 Å². The van der Waals surface area contributed by atoms with Crippen LogP contribution in [0.2, 0.25) is 0 Å². The van der Waals surface area contributed by atoms with E-state index in [1.807, 2.05) is 11.4 Å². The third kappa shape index (κ3) is 2.86.